The zero-order valence-electron chi connectivity index (χ0n) is 8.18. The Hall–Kier alpha value is -1.43. The van der Waals surface area contributed by atoms with Gasteiger partial charge in [-0.15, -0.1) is 0 Å². The molecule has 0 atom stereocenters. The van der Waals surface area contributed by atoms with Gasteiger partial charge < -0.3 is 12.4 Å². The minimum absolute atomic E-state index is 0. The van der Waals surface area contributed by atoms with E-state index in [1.165, 1.54) is 12.1 Å². The Labute approximate surface area is 96.8 Å². The van der Waals surface area contributed by atoms with Crippen LogP contribution in [0, 0.1) is 0 Å². The molecule has 3 nitrogen and oxygen atoms in total. The third-order valence-corrected chi connectivity index (χ3v) is 1.78. The number of benzene rings is 1. The molecule has 0 radical (unpaired) electrons. The maximum absolute atomic E-state index is 12.2. The molecule has 90 valence electrons. The van der Waals surface area contributed by atoms with Crippen molar-refractivity contribution >= 4 is 5.96 Å². The highest BCUT2D eigenvalue weighted by Gasteiger charge is 2.29. The molecule has 1 rings (SSSR count). The summed E-state index contributed by atoms with van der Waals surface area (Å²) in [5, 5.41) is 0. The van der Waals surface area contributed by atoms with E-state index >= 15 is 0 Å². The van der Waals surface area contributed by atoms with Crippen molar-refractivity contribution < 1.29 is 30.6 Å². The molecule has 7 heteroatoms. The van der Waals surface area contributed by atoms with E-state index in [1.807, 2.05) is 0 Å². The van der Waals surface area contributed by atoms with Crippen LogP contribution < -0.4 is 28.9 Å². The van der Waals surface area contributed by atoms with E-state index in [0.29, 0.717) is 12.1 Å². The zero-order valence-corrected chi connectivity index (χ0v) is 8.94. The summed E-state index contributed by atoms with van der Waals surface area (Å²) in [5.41, 5.74) is 10.3. The first-order valence-corrected chi connectivity index (χ1v) is 4.17. The molecular formula is C9H11ClF3N3. The molecule has 0 unspecified atom stereocenters. The summed E-state index contributed by atoms with van der Waals surface area (Å²) in [6.07, 6.45) is -4.30. The van der Waals surface area contributed by atoms with Gasteiger partial charge in [-0.05, 0) is 17.7 Å². The molecule has 0 amide bonds. The van der Waals surface area contributed by atoms with E-state index in [2.05, 4.69) is 4.99 Å². The molecule has 0 aliphatic heterocycles. The fourth-order valence-electron chi connectivity index (χ4n) is 1.02. The van der Waals surface area contributed by atoms with Crippen molar-refractivity contribution in [1.29, 1.82) is 0 Å². The zero-order chi connectivity index (χ0) is 11.5. The molecular weight excluding hydrogens is 243 g/mol. The Morgan fingerprint density at radius 2 is 1.62 bits per heavy atom. The van der Waals surface area contributed by atoms with Gasteiger partial charge in [-0.2, -0.15) is 13.2 Å². The number of halogens is 4. The molecule has 0 heterocycles. The van der Waals surface area contributed by atoms with Gasteiger partial charge in [0.05, 0.1) is 12.1 Å². The fourth-order valence-corrected chi connectivity index (χ4v) is 1.02. The fraction of sp³-hybridized carbons (Fsp3) is 0.222. The van der Waals surface area contributed by atoms with Crippen molar-refractivity contribution in [2.45, 2.75) is 12.7 Å². The number of hydrogen-bond acceptors (Lipinski definition) is 0. The van der Waals surface area contributed by atoms with E-state index in [-0.39, 0.29) is 18.4 Å². The topological polar surface area (TPSA) is 66.0 Å². The van der Waals surface area contributed by atoms with Gasteiger partial charge in [-0.3, -0.25) is 16.5 Å². The number of nitrogens with two attached hydrogens (primary N) is 2. The standard InChI is InChI=1S/C9H10F3N3.ClH/c10-9(11,12)7-3-1-6(2-4-7)5-15-8(13)14;/h1-4H,5H2,(H4,13,14,15);1H. The largest absolute Gasteiger partial charge is 1.00 e. The lowest BCUT2D eigenvalue weighted by Gasteiger charge is -2.06. The summed E-state index contributed by atoms with van der Waals surface area (Å²) < 4.78 is 36.5. The molecule has 16 heavy (non-hydrogen) atoms. The second-order valence-corrected chi connectivity index (χ2v) is 3.00. The lowest BCUT2D eigenvalue weighted by atomic mass is 10.1. The maximum Gasteiger partial charge on any atom is 0.416 e. The predicted molar refractivity (Wildman–Crippen MR) is 49.5 cm³/mol. The van der Waals surface area contributed by atoms with E-state index in [4.69, 9.17) is 11.5 Å². The van der Waals surface area contributed by atoms with Gasteiger partial charge in [0.15, 0.2) is 0 Å². The number of alkyl halides is 3. The van der Waals surface area contributed by atoms with E-state index in [9.17, 15) is 13.2 Å². The minimum Gasteiger partial charge on any atom is -1.00 e. The maximum atomic E-state index is 12.2. The normalized spacial score (nSPS) is 10.4. The van der Waals surface area contributed by atoms with Crippen molar-refractivity contribution in [3.63, 3.8) is 0 Å². The highest BCUT2D eigenvalue weighted by Crippen LogP contribution is 2.28. The van der Waals surface area contributed by atoms with Crippen LogP contribution in [0.3, 0.4) is 0 Å². The summed E-state index contributed by atoms with van der Waals surface area (Å²) in [6.45, 7) is 0.306. The molecule has 0 aliphatic rings. The molecule has 0 fully saturated rings. The Balaban J connectivity index is 0.00000225. The summed E-state index contributed by atoms with van der Waals surface area (Å²) in [5.74, 6) is 0.0369. The van der Waals surface area contributed by atoms with Crippen LogP contribution in [-0.2, 0) is 12.7 Å². The Bertz CT molecular complexity index is 355. The number of rotatable bonds is 2. The van der Waals surface area contributed by atoms with Gasteiger partial charge in [-0.1, -0.05) is 12.1 Å². The van der Waals surface area contributed by atoms with Crippen LogP contribution in [0.5, 0.6) is 0 Å². The summed E-state index contributed by atoms with van der Waals surface area (Å²) in [4.78, 5) is 2.61. The van der Waals surface area contributed by atoms with Crippen LogP contribution in [0.25, 0.3) is 0 Å². The molecule has 0 saturated heterocycles. The van der Waals surface area contributed by atoms with Gasteiger partial charge in [0.1, 0.15) is 0 Å². The minimum atomic E-state index is -4.30. The first-order chi connectivity index (χ1) is 6.89. The number of guanidine groups is 1. The van der Waals surface area contributed by atoms with Gasteiger partial charge >= 0.3 is 12.1 Å². The lowest BCUT2D eigenvalue weighted by molar-refractivity contribution is -0.477. The van der Waals surface area contributed by atoms with Gasteiger partial charge in [0, 0.05) is 0 Å². The summed E-state index contributed by atoms with van der Waals surface area (Å²) >= 11 is 0. The van der Waals surface area contributed by atoms with E-state index in [1.54, 1.807) is 0 Å². The van der Waals surface area contributed by atoms with Crippen molar-refractivity contribution in [3.05, 3.63) is 35.4 Å². The van der Waals surface area contributed by atoms with Crippen molar-refractivity contribution in [3.8, 4) is 0 Å². The molecule has 0 bridgehead atoms. The lowest BCUT2D eigenvalue weighted by Crippen LogP contribution is -3.00. The molecule has 0 aromatic heterocycles. The highest BCUT2D eigenvalue weighted by atomic mass is 35.5. The molecule has 0 saturated carbocycles. The SMILES string of the molecule is NC(N)=[NH+]Cc1ccc(C(F)(F)F)cc1.[Cl-]. The van der Waals surface area contributed by atoms with E-state index in [0.717, 1.165) is 12.1 Å². The van der Waals surface area contributed by atoms with Gasteiger partial charge in [0.25, 0.3) is 0 Å². The smallest absolute Gasteiger partial charge is 0.416 e. The third kappa shape index (κ3) is 4.39. The van der Waals surface area contributed by atoms with Crippen molar-refractivity contribution in [1.82, 2.24) is 0 Å². The second kappa shape index (κ2) is 5.60. The molecule has 0 spiro atoms. The van der Waals surface area contributed by atoms with Crippen LogP contribution in [0.2, 0.25) is 0 Å². The Morgan fingerprint density at radius 3 is 2.00 bits per heavy atom. The van der Waals surface area contributed by atoms with Crippen LogP contribution in [-0.4, -0.2) is 5.96 Å². The predicted octanol–water partition coefficient (Wildman–Crippen LogP) is -3.44. The quantitative estimate of drug-likeness (QED) is 0.379. The Morgan fingerprint density at radius 1 is 1.12 bits per heavy atom. The van der Waals surface area contributed by atoms with Crippen LogP contribution in [0.1, 0.15) is 11.1 Å². The third-order valence-electron chi connectivity index (χ3n) is 1.78. The number of nitrogens with one attached hydrogen (secondary N) is 1. The van der Waals surface area contributed by atoms with Crippen LogP contribution >= 0.6 is 0 Å². The summed E-state index contributed by atoms with van der Waals surface area (Å²) in [6, 6.07) is 4.78. The molecule has 1 aromatic rings. The first kappa shape index (κ1) is 14.6. The first-order valence-electron chi connectivity index (χ1n) is 4.17. The van der Waals surface area contributed by atoms with E-state index < -0.39 is 11.7 Å². The molecule has 1 aromatic carbocycles. The van der Waals surface area contributed by atoms with Gasteiger partial charge in [0.2, 0.25) is 0 Å². The Kier molecular flexibility index (Phi) is 5.10. The van der Waals surface area contributed by atoms with Crippen molar-refractivity contribution in [2.24, 2.45) is 11.5 Å². The van der Waals surface area contributed by atoms with Gasteiger partial charge in [-0.25, -0.2) is 0 Å². The molecule has 5 N–H and O–H groups in total. The summed E-state index contributed by atoms with van der Waals surface area (Å²) in [7, 11) is 0. The van der Waals surface area contributed by atoms with Crippen molar-refractivity contribution in [2.75, 3.05) is 0 Å². The number of hydrogen-bond donors (Lipinski definition) is 3. The average molecular weight is 254 g/mol. The average Bonchev–Trinajstić information content (AvgIpc) is 2.14. The molecule has 0 aliphatic carbocycles. The van der Waals surface area contributed by atoms with Crippen LogP contribution in [0.15, 0.2) is 24.3 Å². The monoisotopic (exact) mass is 253 g/mol. The second-order valence-electron chi connectivity index (χ2n) is 3.00. The highest BCUT2D eigenvalue weighted by molar-refractivity contribution is 5.69. The van der Waals surface area contributed by atoms with Crippen LogP contribution in [0.4, 0.5) is 13.2 Å².